The molecule has 0 aromatic heterocycles. The highest BCUT2D eigenvalue weighted by molar-refractivity contribution is 6.34. The van der Waals surface area contributed by atoms with Crippen LogP contribution in [0.4, 0.5) is 5.69 Å². The third-order valence-electron chi connectivity index (χ3n) is 4.28. The normalized spacial score (nSPS) is 21.2. The van der Waals surface area contributed by atoms with E-state index in [1.54, 1.807) is 19.9 Å². The van der Waals surface area contributed by atoms with Crippen LogP contribution >= 0.6 is 11.6 Å². The standard InChI is InChI=1S/C17H21ClN2O4/c1-8(2)19-14(21)10-6-5-9(7-11(10)18)20-15(22)12-13(16(23)24)17(12,3)4/h5-8,12-13H,1-4H3,(H,19,21)(H,20,22)(H,23,24)/t12-,13+/m0/s1. The molecule has 0 radical (unpaired) electrons. The Kier molecular flexibility index (Phi) is 4.90. The number of rotatable bonds is 5. The smallest absolute Gasteiger partial charge is 0.307 e. The second kappa shape index (κ2) is 6.43. The quantitative estimate of drug-likeness (QED) is 0.759. The Morgan fingerprint density at radius 2 is 1.83 bits per heavy atom. The van der Waals surface area contributed by atoms with Crippen molar-refractivity contribution in [3.05, 3.63) is 28.8 Å². The fraction of sp³-hybridized carbons (Fsp3) is 0.471. The Labute approximate surface area is 145 Å². The average Bonchev–Trinajstić information content (AvgIpc) is 3.01. The molecule has 2 amide bonds. The molecule has 7 heteroatoms. The van der Waals surface area contributed by atoms with Crippen molar-refractivity contribution in [1.82, 2.24) is 5.32 Å². The molecule has 1 aromatic carbocycles. The number of carbonyl (C=O) groups is 3. The molecule has 0 heterocycles. The molecular weight excluding hydrogens is 332 g/mol. The Hall–Kier alpha value is -2.08. The zero-order valence-corrected chi connectivity index (χ0v) is 14.8. The van der Waals surface area contributed by atoms with Crippen LogP contribution in [0, 0.1) is 17.3 Å². The molecule has 1 aromatic rings. The van der Waals surface area contributed by atoms with Gasteiger partial charge in [0.2, 0.25) is 5.91 Å². The first-order valence-electron chi connectivity index (χ1n) is 7.69. The SMILES string of the molecule is CC(C)NC(=O)c1ccc(NC(=O)[C@@H]2[C@H](C(=O)O)C2(C)C)cc1Cl. The molecule has 130 valence electrons. The van der Waals surface area contributed by atoms with E-state index in [1.165, 1.54) is 12.1 Å². The van der Waals surface area contributed by atoms with E-state index >= 15 is 0 Å². The fourth-order valence-corrected chi connectivity index (χ4v) is 3.19. The van der Waals surface area contributed by atoms with Gasteiger partial charge < -0.3 is 15.7 Å². The van der Waals surface area contributed by atoms with Crippen molar-refractivity contribution in [2.24, 2.45) is 17.3 Å². The maximum Gasteiger partial charge on any atom is 0.307 e. The molecular formula is C17H21ClN2O4. The molecule has 1 fully saturated rings. The summed E-state index contributed by atoms with van der Waals surface area (Å²) in [7, 11) is 0. The highest BCUT2D eigenvalue weighted by Gasteiger charge is 2.65. The number of carbonyl (C=O) groups excluding carboxylic acids is 2. The minimum absolute atomic E-state index is 0.0157. The Morgan fingerprint density at radius 3 is 2.29 bits per heavy atom. The number of carboxylic acids is 1. The zero-order valence-electron chi connectivity index (χ0n) is 14.0. The zero-order chi connectivity index (χ0) is 18.2. The summed E-state index contributed by atoms with van der Waals surface area (Å²) in [6.45, 7) is 7.19. The van der Waals surface area contributed by atoms with Crippen LogP contribution in [0.2, 0.25) is 5.02 Å². The van der Waals surface area contributed by atoms with Gasteiger partial charge in [0.25, 0.3) is 5.91 Å². The van der Waals surface area contributed by atoms with Gasteiger partial charge in [0.1, 0.15) is 0 Å². The van der Waals surface area contributed by atoms with Gasteiger partial charge in [0, 0.05) is 11.7 Å². The maximum absolute atomic E-state index is 12.3. The minimum Gasteiger partial charge on any atom is -0.481 e. The lowest BCUT2D eigenvalue weighted by atomic mass is 10.1. The van der Waals surface area contributed by atoms with Gasteiger partial charge in [-0.05, 0) is 37.5 Å². The Bertz CT molecular complexity index is 700. The molecule has 24 heavy (non-hydrogen) atoms. The van der Waals surface area contributed by atoms with E-state index in [0.29, 0.717) is 11.3 Å². The number of hydrogen-bond acceptors (Lipinski definition) is 3. The molecule has 6 nitrogen and oxygen atoms in total. The molecule has 2 atom stereocenters. The lowest BCUT2D eigenvalue weighted by Gasteiger charge is -2.11. The molecule has 0 saturated heterocycles. The summed E-state index contributed by atoms with van der Waals surface area (Å²) in [4.78, 5) is 35.4. The van der Waals surface area contributed by atoms with Gasteiger partial charge in [-0.15, -0.1) is 0 Å². The van der Waals surface area contributed by atoms with Crippen molar-refractivity contribution in [3.63, 3.8) is 0 Å². The number of benzene rings is 1. The number of halogens is 1. The molecule has 1 aliphatic carbocycles. The summed E-state index contributed by atoms with van der Waals surface area (Å²) in [5.41, 5.74) is 0.174. The van der Waals surface area contributed by atoms with E-state index in [2.05, 4.69) is 10.6 Å². The lowest BCUT2D eigenvalue weighted by molar-refractivity contribution is -0.140. The summed E-state index contributed by atoms with van der Waals surface area (Å²) < 4.78 is 0. The third-order valence-corrected chi connectivity index (χ3v) is 4.59. The van der Waals surface area contributed by atoms with Crippen molar-refractivity contribution >= 4 is 35.1 Å². The maximum atomic E-state index is 12.3. The van der Waals surface area contributed by atoms with Crippen LogP contribution in [-0.4, -0.2) is 28.9 Å². The fourth-order valence-electron chi connectivity index (χ4n) is 2.92. The minimum atomic E-state index is -0.973. The number of hydrogen-bond donors (Lipinski definition) is 3. The largest absolute Gasteiger partial charge is 0.481 e. The van der Waals surface area contributed by atoms with E-state index in [1.807, 2.05) is 13.8 Å². The average molecular weight is 353 g/mol. The summed E-state index contributed by atoms with van der Waals surface area (Å²) >= 11 is 6.12. The van der Waals surface area contributed by atoms with E-state index in [9.17, 15) is 14.4 Å². The lowest BCUT2D eigenvalue weighted by Crippen LogP contribution is -2.30. The molecule has 0 aliphatic heterocycles. The molecule has 1 saturated carbocycles. The van der Waals surface area contributed by atoms with Crippen LogP contribution in [0.1, 0.15) is 38.1 Å². The van der Waals surface area contributed by atoms with Crippen LogP contribution in [-0.2, 0) is 9.59 Å². The van der Waals surface area contributed by atoms with Crippen molar-refractivity contribution < 1.29 is 19.5 Å². The summed E-state index contributed by atoms with van der Waals surface area (Å²) in [6.07, 6.45) is 0. The van der Waals surface area contributed by atoms with Gasteiger partial charge in [-0.3, -0.25) is 14.4 Å². The highest BCUT2D eigenvalue weighted by atomic mass is 35.5. The van der Waals surface area contributed by atoms with Gasteiger partial charge in [0.15, 0.2) is 0 Å². The van der Waals surface area contributed by atoms with Gasteiger partial charge in [0.05, 0.1) is 22.4 Å². The van der Waals surface area contributed by atoms with E-state index < -0.39 is 23.2 Å². The Balaban J connectivity index is 2.09. The molecule has 2 rings (SSSR count). The summed E-state index contributed by atoms with van der Waals surface area (Å²) in [5, 5.41) is 14.8. The number of nitrogens with one attached hydrogen (secondary N) is 2. The first-order valence-corrected chi connectivity index (χ1v) is 8.07. The first-order chi connectivity index (χ1) is 11.1. The number of anilines is 1. The second-order valence-electron chi connectivity index (χ2n) is 6.93. The predicted molar refractivity (Wildman–Crippen MR) is 91.1 cm³/mol. The van der Waals surface area contributed by atoms with E-state index in [0.717, 1.165) is 0 Å². The molecule has 0 bridgehead atoms. The number of carboxylic acid groups (broad SMARTS) is 1. The Morgan fingerprint density at radius 1 is 1.21 bits per heavy atom. The third kappa shape index (κ3) is 3.53. The molecule has 0 unspecified atom stereocenters. The number of aliphatic carboxylic acids is 1. The van der Waals surface area contributed by atoms with Gasteiger partial charge in [-0.25, -0.2) is 0 Å². The van der Waals surface area contributed by atoms with Gasteiger partial charge in [-0.1, -0.05) is 25.4 Å². The van der Waals surface area contributed by atoms with Crippen LogP contribution in [0.3, 0.4) is 0 Å². The molecule has 3 N–H and O–H groups in total. The number of amides is 2. The molecule has 1 aliphatic rings. The van der Waals surface area contributed by atoms with Crippen molar-refractivity contribution in [1.29, 1.82) is 0 Å². The predicted octanol–water partition coefficient (Wildman–Crippen LogP) is 2.77. The van der Waals surface area contributed by atoms with Crippen LogP contribution in [0.15, 0.2) is 18.2 Å². The van der Waals surface area contributed by atoms with Crippen molar-refractivity contribution in [2.45, 2.75) is 33.7 Å². The second-order valence-corrected chi connectivity index (χ2v) is 7.33. The van der Waals surface area contributed by atoms with Gasteiger partial charge in [-0.2, -0.15) is 0 Å². The monoisotopic (exact) mass is 352 g/mol. The van der Waals surface area contributed by atoms with Gasteiger partial charge >= 0.3 is 5.97 Å². The van der Waals surface area contributed by atoms with Crippen molar-refractivity contribution in [3.8, 4) is 0 Å². The van der Waals surface area contributed by atoms with Crippen LogP contribution in [0.5, 0.6) is 0 Å². The van der Waals surface area contributed by atoms with Crippen LogP contribution < -0.4 is 10.6 Å². The van der Waals surface area contributed by atoms with Crippen molar-refractivity contribution in [2.75, 3.05) is 5.32 Å². The molecule has 0 spiro atoms. The van der Waals surface area contributed by atoms with E-state index in [-0.39, 0.29) is 22.9 Å². The van der Waals surface area contributed by atoms with E-state index in [4.69, 9.17) is 16.7 Å². The first kappa shape index (κ1) is 18.3. The topological polar surface area (TPSA) is 95.5 Å². The van der Waals surface area contributed by atoms with Crippen LogP contribution in [0.25, 0.3) is 0 Å². The highest BCUT2D eigenvalue weighted by Crippen LogP contribution is 2.58. The summed E-state index contributed by atoms with van der Waals surface area (Å²) in [5.74, 6) is -2.90. The summed E-state index contributed by atoms with van der Waals surface area (Å²) in [6, 6.07) is 4.57.